The highest BCUT2D eigenvalue weighted by Crippen LogP contribution is 2.36. The third-order valence-electron chi connectivity index (χ3n) is 5.47. The molecule has 1 aromatic heterocycles. The smallest absolute Gasteiger partial charge is 0.217 e. The molecule has 6 heteroatoms. The van der Waals surface area contributed by atoms with Gasteiger partial charge in [-0.1, -0.05) is 18.2 Å². The quantitative estimate of drug-likeness (QED) is 0.904. The average molecular weight is 314 g/mol. The summed E-state index contributed by atoms with van der Waals surface area (Å²) in [4.78, 5) is 1.59. The summed E-state index contributed by atoms with van der Waals surface area (Å²) in [6, 6.07) is 8.33. The van der Waals surface area contributed by atoms with Gasteiger partial charge >= 0.3 is 0 Å². The number of aromatic nitrogens is 4. The van der Waals surface area contributed by atoms with Gasteiger partial charge in [-0.05, 0) is 41.8 Å². The number of benzene rings is 1. The molecule has 2 heterocycles. The third kappa shape index (κ3) is 2.46. The van der Waals surface area contributed by atoms with Crippen LogP contribution in [0.4, 0.5) is 0 Å². The minimum absolute atomic E-state index is 0.0373. The largest absolute Gasteiger partial charge is 0.370 e. The fourth-order valence-electron chi connectivity index (χ4n) is 4.26. The molecule has 1 N–H and O–H groups in total. The second kappa shape index (κ2) is 6.02. The van der Waals surface area contributed by atoms with E-state index < -0.39 is 0 Å². The lowest BCUT2D eigenvalue weighted by molar-refractivity contribution is -0.968. The summed E-state index contributed by atoms with van der Waals surface area (Å²) in [6.45, 7) is 5.87. The Kier molecular flexibility index (Phi) is 3.87. The topological polar surface area (TPSA) is 57.3 Å². The summed E-state index contributed by atoms with van der Waals surface area (Å²) < 4.78 is 7.55. The van der Waals surface area contributed by atoms with Crippen LogP contribution in [-0.4, -0.2) is 46.5 Å². The number of aryl methyl sites for hydroxylation is 1. The molecule has 2 aromatic rings. The molecule has 2 fully saturated rings. The summed E-state index contributed by atoms with van der Waals surface area (Å²) in [7, 11) is 0. The fourth-order valence-corrected chi connectivity index (χ4v) is 4.26. The van der Waals surface area contributed by atoms with Crippen molar-refractivity contribution in [3.8, 4) is 5.69 Å². The van der Waals surface area contributed by atoms with E-state index >= 15 is 0 Å². The molecule has 1 aromatic carbocycles. The maximum Gasteiger partial charge on any atom is 0.217 e. The van der Waals surface area contributed by atoms with Gasteiger partial charge in [0, 0.05) is 12.8 Å². The number of tetrazole rings is 1. The first-order valence-electron chi connectivity index (χ1n) is 8.59. The van der Waals surface area contributed by atoms with Crippen molar-refractivity contribution < 1.29 is 9.64 Å². The Morgan fingerprint density at radius 3 is 2.61 bits per heavy atom. The highest BCUT2D eigenvalue weighted by Gasteiger charge is 2.49. The molecule has 0 amide bonds. The predicted octanol–water partition coefficient (Wildman–Crippen LogP) is 0.655. The van der Waals surface area contributed by atoms with E-state index in [9.17, 15) is 0 Å². The first kappa shape index (κ1) is 14.8. The lowest BCUT2D eigenvalue weighted by Gasteiger charge is -2.38. The molecule has 1 saturated heterocycles. The minimum atomic E-state index is 0.0373. The molecule has 23 heavy (non-hydrogen) atoms. The first-order valence-corrected chi connectivity index (χ1v) is 8.59. The van der Waals surface area contributed by atoms with E-state index in [4.69, 9.17) is 4.74 Å². The van der Waals surface area contributed by atoms with Crippen LogP contribution in [0.1, 0.15) is 37.1 Å². The highest BCUT2D eigenvalue weighted by atomic mass is 16.5. The minimum Gasteiger partial charge on any atom is -0.370 e. The van der Waals surface area contributed by atoms with Crippen molar-refractivity contribution in [3.63, 3.8) is 0 Å². The second-order valence-electron chi connectivity index (χ2n) is 6.71. The first-order chi connectivity index (χ1) is 11.3. The molecular formula is C17H24N5O+. The van der Waals surface area contributed by atoms with E-state index in [2.05, 4.69) is 46.7 Å². The van der Waals surface area contributed by atoms with Gasteiger partial charge in [0.15, 0.2) is 5.54 Å². The van der Waals surface area contributed by atoms with Crippen molar-refractivity contribution in [2.75, 3.05) is 26.3 Å². The lowest BCUT2D eigenvalue weighted by Crippen LogP contribution is -3.20. The molecule has 6 nitrogen and oxygen atoms in total. The van der Waals surface area contributed by atoms with Crippen LogP contribution in [0.25, 0.3) is 5.69 Å². The predicted molar refractivity (Wildman–Crippen MR) is 85.6 cm³/mol. The van der Waals surface area contributed by atoms with E-state index in [1.165, 1.54) is 18.4 Å². The normalized spacial score (nSPS) is 21.6. The number of nitrogens with one attached hydrogen (secondary N) is 1. The van der Waals surface area contributed by atoms with Crippen LogP contribution in [0.2, 0.25) is 0 Å². The van der Waals surface area contributed by atoms with Gasteiger partial charge in [-0.2, -0.15) is 4.68 Å². The number of quaternary nitrogens is 1. The van der Waals surface area contributed by atoms with E-state index in [-0.39, 0.29) is 5.54 Å². The van der Waals surface area contributed by atoms with Crippen molar-refractivity contribution in [2.24, 2.45) is 0 Å². The van der Waals surface area contributed by atoms with Crippen molar-refractivity contribution >= 4 is 0 Å². The maximum atomic E-state index is 5.58. The van der Waals surface area contributed by atoms with Crippen LogP contribution in [0.15, 0.2) is 24.3 Å². The van der Waals surface area contributed by atoms with Crippen LogP contribution in [-0.2, 0) is 10.3 Å². The van der Waals surface area contributed by atoms with Gasteiger partial charge in [-0.3, -0.25) is 0 Å². The van der Waals surface area contributed by atoms with E-state index in [0.717, 1.165) is 50.7 Å². The van der Waals surface area contributed by atoms with Gasteiger partial charge in [0.25, 0.3) is 0 Å². The Balaban J connectivity index is 1.79. The number of rotatable bonds is 3. The van der Waals surface area contributed by atoms with Gasteiger partial charge in [0.05, 0.1) is 18.9 Å². The Bertz CT molecular complexity index is 671. The summed E-state index contributed by atoms with van der Waals surface area (Å²) in [6.07, 6.45) is 4.83. The molecule has 1 aliphatic carbocycles. The van der Waals surface area contributed by atoms with E-state index in [0.29, 0.717) is 0 Å². The van der Waals surface area contributed by atoms with Gasteiger partial charge in [-0.15, -0.1) is 5.10 Å². The molecular weight excluding hydrogens is 290 g/mol. The Morgan fingerprint density at radius 1 is 1.13 bits per heavy atom. The molecule has 0 unspecified atom stereocenters. The number of nitrogens with zero attached hydrogens (tertiary/aromatic N) is 4. The van der Waals surface area contributed by atoms with Crippen LogP contribution in [0, 0.1) is 6.92 Å². The molecule has 122 valence electrons. The number of para-hydroxylation sites is 1. The number of ether oxygens (including phenoxy) is 1. The molecule has 0 spiro atoms. The molecule has 1 aliphatic heterocycles. The summed E-state index contributed by atoms with van der Waals surface area (Å²) >= 11 is 0. The van der Waals surface area contributed by atoms with Crippen LogP contribution < -0.4 is 4.90 Å². The Hall–Kier alpha value is -1.79. The van der Waals surface area contributed by atoms with Gasteiger partial charge < -0.3 is 9.64 Å². The van der Waals surface area contributed by atoms with Crippen molar-refractivity contribution in [1.82, 2.24) is 20.2 Å². The summed E-state index contributed by atoms with van der Waals surface area (Å²) in [5.74, 6) is 1.03. The maximum absolute atomic E-state index is 5.58. The number of hydrogen-bond acceptors (Lipinski definition) is 4. The van der Waals surface area contributed by atoms with Crippen molar-refractivity contribution in [1.29, 1.82) is 0 Å². The van der Waals surface area contributed by atoms with E-state index in [1.54, 1.807) is 4.90 Å². The summed E-state index contributed by atoms with van der Waals surface area (Å²) in [5.41, 5.74) is 2.33. The zero-order valence-corrected chi connectivity index (χ0v) is 13.7. The standard InChI is InChI=1S/C17H23N5O/c1-14-6-2-3-7-15(14)22-16(18-19-20-22)17(8-4-5-9-17)21-10-12-23-13-11-21/h2-3,6-7H,4-5,8-13H2,1H3/p+1. The van der Waals surface area contributed by atoms with Crippen molar-refractivity contribution in [2.45, 2.75) is 38.1 Å². The number of hydrogen-bond donors (Lipinski definition) is 1. The van der Waals surface area contributed by atoms with Gasteiger partial charge in [0.2, 0.25) is 5.82 Å². The van der Waals surface area contributed by atoms with Crippen LogP contribution >= 0.6 is 0 Å². The van der Waals surface area contributed by atoms with E-state index in [1.807, 2.05) is 4.68 Å². The number of morpholine rings is 1. The molecule has 0 atom stereocenters. The third-order valence-corrected chi connectivity index (χ3v) is 5.47. The van der Waals surface area contributed by atoms with Crippen LogP contribution in [0.3, 0.4) is 0 Å². The Morgan fingerprint density at radius 2 is 1.87 bits per heavy atom. The Labute approximate surface area is 136 Å². The molecule has 0 bridgehead atoms. The lowest BCUT2D eigenvalue weighted by atomic mass is 9.93. The van der Waals surface area contributed by atoms with Gasteiger partial charge in [0.1, 0.15) is 13.1 Å². The summed E-state index contributed by atoms with van der Waals surface area (Å²) in [5, 5.41) is 12.9. The molecule has 2 aliphatic rings. The zero-order valence-electron chi connectivity index (χ0n) is 13.7. The molecule has 1 saturated carbocycles. The average Bonchev–Trinajstić information content (AvgIpc) is 3.26. The molecule has 0 radical (unpaired) electrons. The monoisotopic (exact) mass is 314 g/mol. The van der Waals surface area contributed by atoms with Crippen molar-refractivity contribution in [3.05, 3.63) is 35.7 Å². The SMILES string of the molecule is Cc1ccccc1-n1nnnc1C1([NH+]2CCOCC2)CCCC1. The highest BCUT2D eigenvalue weighted by molar-refractivity contribution is 5.40. The van der Waals surface area contributed by atoms with Crippen LogP contribution in [0.5, 0.6) is 0 Å². The molecule has 4 rings (SSSR count). The second-order valence-corrected chi connectivity index (χ2v) is 6.71. The fraction of sp³-hybridized carbons (Fsp3) is 0.588. The zero-order chi connectivity index (χ0) is 15.7. The van der Waals surface area contributed by atoms with Gasteiger partial charge in [-0.25, -0.2) is 0 Å².